The second kappa shape index (κ2) is 19.8. The summed E-state index contributed by atoms with van der Waals surface area (Å²) in [4.78, 5) is 29.1. The number of hydrazone groups is 1. The van der Waals surface area contributed by atoms with E-state index < -0.39 is 18.1 Å². The molecular weight excluding hydrogens is 878 g/mol. The predicted octanol–water partition coefficient (Wildman–Crippen LogP) is 12.5. The molecular formula is C51H55Cl2N7O4S. The number of aromatic nitrogens is 4. The first kappa shape index (κ1) is 47.3. The number of thioether (sulfide) groups is 1. The second-order valence-electron chi connectivity index (χ2n) is 17.5. The summed E-state index contributed by atoms with van der Waals surface area (Å²) >= 11 is 14.4. The van der Waals surface area contributed by atoms with E-state index in [1.54, 1.807) is 47.1 Å². The van der Waals surface area contributed by atoms with E-state index in [0.717, 1.165) is 35.2 Å². The molecule has 1 aromatic heterocycles. The van der Waals surface area contributed by atoms with Gasteiger partial charge in [0.1, 0.15) is 17.2 Å². The Morgan fingerprint density at radius 2 is 1.55 bits per heavy atom. The molecule has 1 aliphatic rings. The second-order valence-corrected chi connectivity index (χ2v) is 19.6. The van der Waals surface area contributed by atoms with Crippen molar-refractivity contribution in [3.63, 3.8) is 0 Å². The molecule has 5 aromatic carbocycles. The first-order chi connectivity index (χ1) is 31.0. The maximum Gasteiger partial charge on any atom is 0.294 e. The van der Waals surface area contributed by atoms with Gasteiger partial charge in [0.05, 0.1) is 27.1 Å². The number of hydrogen-bond donors (Lipinski definition) is 1. The monoisotopic (exact) mass is 931 g/mol. The van der Waals surface area contributed by atoms with Gasteiger partial charge in [-0.2, -0.15) is 14.8 Å². The predicted molar refractivity (Wildman–Crippen MR) is 262 cm³/mol. The Bertz CT molecular complexity index is 2720. The number of ether oxygens (including phenoxy) is 2. The number of carbonyl (C=O) groups excluding carboxylic acids is 2. The maximum absolute atomic E-state index is 14.9. The number of hydrogen-bond acceptors (Lipinski definition) is 9. The van der Waals surface area contributed by atoms with Gasteiger partial charge in [0.2, 0.25) is 11.3 Å². The highest BCUT2D eigenvalue weighted by Gasteiger charge is 2.41. The van der Waals surface area contributed by atoms with E-state index in [4.69, 9.17) is 37.8 Å². The summed E-state index contributed by atoms with van der Waals surface area (Å²) in [5, 5.41) is 22.8. The number of amides is 2. The van der Waals surface area contributed by atoms with Crippen LogP contribution < -0.4 is 19.8 Å². The van der Waals surface area contributed by atoms with E-state index in [1.807, 2.05) is 75.4 Å². The van der Waals surface area contributed by atoms with Crippen molar-refractivity contribution in [2.24, 2.45) is 5.10 Å². The molecule has 0 bridgehead atoms. The van der Waals surface area contributed by atoms with Crippen LogP contribution in [-0.2, 0) is 20.4 Å². The molecule has 338 valence electrons. The van der Waals surface area contributed by atoms with Crippen molar-refractivity contribution in [3.8, 4) is 17.2 Å². The largest absolute Gasteiger partial charge is 0.480 e. The van der Waals surface area contributed by atoms with Gasteiger partial charge in [-0.05, 0) is 108 Å². The summed E-state index contributed by atoms with van der Waals surface area (Å²) in [5.74, 6) is 0.313. The van der Waals surface area contributed by atoms with Crippen molar-refractivity contribution in [1.82, 2.24) is 20.2 Å². The molecule has 0 aliphatic carbocycles. The number of halogens is 2. The average molecular weight is 933 g/mol. The first-order valence-corrected chi connectivity index (χ1v) is 23.6. The molecule has 1 aliphatic heterocycles. The van der Waals surface area contributed by atoms with Gasteiger partial charge in [-0.25, -0.2) is 0 Å². The van der Waals surface area contributed by atoms with Crippen molar-refractivity contribution < 1.29 is 19.1 Å². The van der Waals surface area contributed by atoms with Crippen LogP contribution in [0.15, 0.2) is 119 Å². The first-order valence-electron chi connectivity index (χ1n) is 21.9. The normalized spacial score (nSPS) is 15.1. The van der Waals surface area contributed by atoms with Gasteiger partial charge in [-0.15, -0.1) is 5.10 Å². The lowest BCUT2D eigenvalue weighted by atomic mass is 9.76. The molecule has 2 amide bonds. The summed E-state index contributed by atoms with van der Waals surface area (Å²) in [5.41, 5.74) is 6.28. The van der Waals surface area contributed by atoms with Crippen LogP contribution in [0.3, 0.4) is 0 Å². The van der Waals surface area contributed by atoms with Crippen LogP contribution in [0.5, 0.6) is 11.5 Å². The zero-order valence-corrected chi connectivity index (χ0v) is 40.6. The number of aryl methyl sites for hydroxylation is 1. The molecule has 7 rings (SSSR count). The number of nitrogens with zero attached hydrogens (tertiary/aromatic N) is 6. The number of nitrogens with one attached hydrogen (secondary N) is 1. The number of rotatable bonds is 17. The van der Waals surface area contributed by atoms with Gasteiger partial charge in [-0.1, -0.05) is 150 Å². The topological polar surface area (TPSA) is 124 Å². The zero-order valence-electron chi connectivity index (χ0n) is 38.2. The van der Waals surface area contributed by atoms with Crippen molar-refractivity contribution in [2.45, 2.75) is 115 Å². The van der Waals surface area contributed by atoms with E-state index in [1.165, 1.54) is 22.3 Å². The third-order valence-corrected chi connectivity index (χ3v) is 14.1. The van der Waals surface area contributed by atoms with Gasteiger partial charge in [-0.3, -0.25) is 9.59 Å². The Kier molecular flexibility index (Phi) is 14.4. The van der Waals surface area contributed by atoms with E-state index >= 15 is 0 Å². The number of benzene rings is 5. The Hall–Kier alpha value is -5.69. The van der Waals surface area contributed by atoms with Crippen molar-refractivity contribution in [3.05, 3.63) is 147 Å². The van der Waals surface area contributed by atoms with Crippen molar-refractivity contribution in [2.75, 3.05) is 10.3 Å². The minimum absolute atomic E-state index is 0.0226. The summed E-state index contributed by atoms with van der Waals surface area (Å²) in [6, 6.07) is 33.9. The fourth-order valence-corrected chi connectivity index (χ4v) is 8.69. The van der Waals surface area contributed by atoms with Crippen LogP contribution in [0.2, 0.25) is 10.0 Å². The molecule has 3 unspecified atom stereocenters. The van der Waals surface area contributed by atoms with Gasteiger partial charge >= 0.3 is 0 Å². The highest BCUT2D eigenvalue weighted by molar-refractivity contribution is 7.99. The van der Waals surface area contributed by atoms with Crippen molar-refractivity contribution >= 4 is 63.9 Å². The van der Waals surface area contributed by atoms with Crippen LogP contribution in [0.1, 0.15) is 108 Å². The minimum atomic E-state index is -1.21. The number of carbonyl (C=O) groups is 2. The molecule has 3 atom stereocenters. The maximum atomic E-state index is 14.9. The van der Waals surface area contributed by atoms with Crippen LogP contribution in [0, 0.1) is 6.92 Å². The zero-order chi connectivity index (χ0) is 46.6. The third-order valence-electron chi connectivity index (χ3n) is 12.3. The van der Waals surface area contributed by atoms with Gasteiger partial charge < -0.3 is 14.8 Å². The van der Waals surface area contributed by atoms with E-state index in [9.17, 15) is 9.59 Å². The third kappa shape index (κ3) is 10.2. The molecule has 1 N–H and O–H groups in total. The molecule has 2 heterocycles. The summed E-state index contributed by atoms with van der Waals surface area (Å²) in [7, 11) is 0. The van der Waals surface area contributed by atoms with Gasteiger partial charge in [0.15, 0.2) is 6.10 Å². The lowest BCUT2D eigenvalue weighted by Gasteiger charge is -2.31. The fraction of sp³-hybridized carbons (Fsp3) is 0.333. The molecule has 0 saturated heterocycles. The molecule has 0 fully saturated rings. The smallest absolute Gasteiger partial charge is 0.294 e. The van der Waals surface area contributed by atoms with E-state index in [-0.39, 0.29) is 22.0 Å². The Labute approximate surface area is 395 Å². The summed E-state index contributed by atoms with van der Waals surface area (Å²) in [6.45, 7) is 19.2. The summed E-state index contributed by atoms with van der Waals surface area (Å²) < 4.78 is 15.1. The highest BCUT2D eigenvalue weighted by Crippen LogP contribution is 2.42. The number of anilines is 2. The van der Waals surface area contributed by atoms with Crippen LogP contribution in [0.4, 0.5) is 11.4 Å². The highest BCUT2D eigenvalue weighted by atomic mass is 35.5. The Morgan fingerprint density at radius 1 is 0.846 bits per heavy atom. The average Bonchev–Trinajstić information content (AvgIpc) is 3.90. The molecule has 0 saturated carbocycles. The van der Waals surface area contributed by atoms with E-state index in [2.05, 4.69) is 74.5 Å². The lowest BCUT2D eigenvalue weighted by molar-refractivity contribution is -0.123. The quantitative estimate of drug-likeness (QED) is 0.0897. The number of para-hydroxylation sites is 3. The van der Waals surface area contributed by atoms with Crippen LogP contribution in [-0.4, -0.2) is 49.9 Å². The molecule has 6 aromatic rings. The SMILES string of the molecule is CCC(Oc1ccc(C(C)(C)CC)cc1C(C)(C)CC)C(=O)Nc1ccccc1N1N=C(c2ccc(Cl)c(Cl)c2)C(Oc2ccc(C)cc2C(C)Sc2nnnn2-c2ccccc2)C1=O. The minimum Gasteiger partial charge on any atom is -0.480 e. The van der Waals surface area contributed by atoms with Gasteiger partial charge in [0, 0.05) is 21.9 Å². The molecule has 14 heteroatoms. The molecule has 0 radical (unpaired) electrons. The Morgan fingerprint density at radius 3 is 2.26 bits per heavy atom. The standard InChI is InChI=1S/C51H55Cl2N7O4S/c1-10-42(63-44-27-24-34(50(6,7)11-2)30-37(44)51(8,9)12-3)47(61)54-40-20-16-17-21-41(40)60-48(62)46(45(56-60)33-23-25-38(52)39(53)29-33)64-43-26-22-31(4)28-36(43)32(5)65-49-55-57-58-59(49)35-18-14-13-15-19-35/h13-30,32,42,46H,10-12H2,1-9H3,(H,54,61). The lowest BCUT2D eigenvalue weighted by Crippen LogP contribution is -2.38. The Balaban J connectivity index is 1.19. The van der Waals surface area contributed by atoms with Crippen molar-refractivity contribution in [1.29, 1.82) is 0 Å². The molecule has 0 spiro atoms. The molecule has 11 nitrogen and oxygen atoms in total. The van der Waals surface area contributed by atoms with E-state index in [0.29, 0.717) is 55.8 Å². The summed E-state index contributed by atoms with van der Waals surface area (Å²) in [6.07, 6.45) is 0.217. The number of tetrazole rings is 1. The molecule has 65 heavy (non-hydrogen) atoms. The fourth-order valence-electron chi connectivity index (χ4n) is 7.44. The van der Waals surface area contributed by atoms with Crippen LogP contribution in [0.25, 0.3) is 5.69 Å². The van der Waals surface area contributed by atoms with Gasteiger partial charge in [0.25, 0.3) is 11.8 Å². The van der Waals surface area contributed by atoms with Crippen LogP contribution >= 0.6 is 35.0 Å².